The van der Waals surface area contributed by atoms with Crippen LogP contribution in [0, 0.1) is 0 Å². The molecular formula is C21H42B2Cl4O4. The molecular weight excluding hydrogens is 480 g/mol. The Balaban J connectivity index is 5.29. The molecule has 184 valence electrons. The molecule has 31 heavy (non-hydrogen) atoms. The third-order valence-electron chi connectivity index (χ3n) is 4.82. The third-order valence-corrected chi connectivity index (χ3v) is 5.67. The zero-order valence-corrected chi connectivity index (χ0v) is 22.9. The summed E-state index contributed by atoms with van der Waals surface area (Å²) < 4.78 is 22.7. The minimum Gasteiger partial charge on any atom is -0.411 e. The van der Waals surface area contributed by atoms with Gasteiger partial charge in [-0.15, -0.1) is 11.6 Å². The predicted octanol–water partition coefficient (Wildman–Crippen LogP) is 7.90. The molecule has 0 unspecified atom stereocenters. The van der Waals surface area contributed by atoms with E-state index >= 15 is 0 Å². The van der Waals surface area contributed by atoms with E-state index in [4.69, 9.17) is 65.0 Å². The van der Waals surface area contributed by atoms with Crippen LogP contribution in [-0.4, -0.2) is 49.7 Å². The fraction of sp³-hybridized carbons (Fsp3) is 1.00. The highest BCUT2D eigenvalue weighted by molar-refractivity contribution is 6.68. The number of halogens is 4. The molecule has 0 aromatic heterocycles. The maximum atomic E-state index is 6.80. The molecule has 0 heterocycles. The first-order valence-corrected chi connectivity index (χ1v) is 13.5. The zero-order valence-electron chi connectivity index (χ0n) is 19.9. The van der Waals surface area contributed by atoms with Gasteiger partial charge in [-0.05, 0) is 44.3 Å². The third kappa shape index (κ3) is 18.2. The van der Waals surface area contributed by atoms with Crippen LogP contribution in [0.2, 0.25) is 5.82 Å². The van der Waals surface area contributed by atoms with Crippen molar-refractivity contribution >= 4 is 60.6 Å². The molecule has 4 nitrogen and oxygen atoms in total. The van der Waals surface area contributed by atoms with E-state index in [1.54, 1.807) is 0 Å². The van der Waals surface area contributed by atoms with E-state index in [0.717, 1.165) is 51.4 Å². The number of unbranched alkanes of at least 4 members (excludes halogenated alkanes) is 4. The van der Waals surface area contributed by atoms with Crippen LogP contribution >= 0.6 is 46.4 Å². The topological polar surface area (TPSA) is 36.9 Å². The van der Waals surface area contributed by atoms with Gasteiger partial charge in [-0.3, -0.25) is 0 Å². The van der Waals surface area contributed by atoms with Crippen molar-refractivity contribution in [2.45, 2.75) is 107 Å². The van der Waals surface area contributed by atoms with Crippen molar-refractivity contribution in [2.24, 2.45) is 0 Å². The lowest BCUT2D eigenvalue weighted by molar-refractivity contribution is 0.175. The molecule has 0 fully saturated rings. The van der Waals surface area contributed by atoms with Gasteiger partial charge >= 0.3 is 14.2 Å². The SMILES string of the molecule is CCCCOB(OCCCC)[C@@H](C[C@H](Cl)B(OCCCC)OCCCC)CC(Cl)(Cl)Cl. The van der Waals surface area contributed by atoms with Gasteiger partial charge in [0.05, 0.1) is 5.28 Å². The summed E-state index contributed by atoms with van der Waals surface area (Å²) in [5.41, 5.74) is 0. The average molecular weight is 522 g/mol. The van der Waals surface area contributed by atoms with Gasteiger partial charge in [0.25, 0.3) is 0 Å². The van der Waals surface area contributed by atoms with Crippen molar-refractivity contribution in [1.29, 1.82) is 0 Å². The molecule has 0 radical (unpaired) electrons. The molecule has 0 aliphatic carbocycles. The Hall–Kier alpha value is 1.13. The standard InChI is InChI=1S/C21H42B2Cl4O4/c1-5-9-13-28-22(29-14-10-6-2)19(18-21(25,26)27)17-20(24)23(30-15-11-7-3)31-16-12-8-4/h19-20H,5-18H2,1-4H3/t19-,20-/m0/s1. The molecule has 2 atom stereocenters. The second-order valence-corrected chi connectivity index (χ2v) is 11.0. The van der Waals surface area contributed by atoms with Gasteiger partial charge in [0, 0.05) is 26.4 Å². The van der Waals surface area contributed by atoms with Crippen LogP contribution in [0.25, 0.3) is 0 Å². The molecule has 0 saturated heterocycles. The number of rotatable bonds is 21. The Morgan fingerprint density at radius 2 is 1.00 bits per heavy atom. The normalized spacial score (nSPS) is 13.9. The van der Waals surface area contributed by atoms with Crippen LogP contribution in [0.3, 0.4) is 0 Å². The van der Waals surface area contributed by atoms with Gasteiger partial charge in [0.15, 0.2) is 3.79 Å². The first kappa shape index (κ1) is 32.1. The van der Waals surface area contributed by atoms with E-state index in [-0.39, 0.29) is 12.2 Å². The predicted molar refractivity (Wildman–Crippen MR) is 138 cm³/mol. The van der Waals surface area contributed by atoms with Gasteiger partial charge in [0.1, 0.15) is 0 Å². The van der Waals surface area contributed by atoms with Gasteiger partial charge in [-0.25, -0.2) is 0 Å². The lowest BCUT2D eigenvalue weighted by atomic mass is 9.63. The van der Waals surface area contributed by atoms with Crippen LogP contribution < -0.4 is 0 Å². The van der Waals surface area contributed by atoms with Crippen LogP contribution in [0.1, 0.15) is 91.9 Å². The minimum absolute atomic E-state index is 0.198. The molecule has 0 rings (SSSR count). The molecule has 0 aromatic carbocycles. The van der Waals surface area contributed by atoms with E-state index in [1.165, 1.54) is 0 Å². The second-order valence-electron chi connectivity index (χ2n) is 7.97. The Bertz CT molecular complexity index is 386. The maximum absolute atomic E-state index is 6.80. The fourth-order valence-electron chi connectivity index (χ4n) is 2.94. The lowest BCUT2D eigenvalue weighted by Crippen LogP contribution is -2.39. The molecule has 10 heteroatoms. The van der Waals surface area contributed by atoms with E-state index in [1.807, 2.05) is 0 Å². The number of hydrogen-bond acceptors (Lipinski definition) is 4. The molecule has 0 spiro atoms. The lowest BCUT2D eigenvalue weighted by Gasteiger charge is -2.29. The van der Waals surface area contributed by atoms with Crippen molar-refractivity contribution in [3.05, 3.63) is 0 Å². The summed E-state index contributed by atoms with van der Waals surface area (Å²) in [4.78, 5) is 0. The van der Waals surface area contributed by atoms with Crippen molar-refractivity contribution < 1.29 is 18.6 Å². The molecule has 0 aliphatic rings. The fourth-order valence-corrected chi connectivity index (χ4v) is 3.91. The smallest absolute Gasteiger partial charge is 0.411 e. The Morgan fingerprint density at radius 1 is 0.645 bits per heavy atom. The highest BCUT2D eigenvalue weighted by atomic mass is 35.6. The maximum Gasteiger partial charge on any atom is 0.475 e. The summed E-state index contributed by atoms with van der Waals surface area (Å²) >= 11 is 25.3. The first-order valence-electron chi connectivity index (χ1n) is 12.0. The van der Waals surface area contributed by atoms with E-state index < -0.39 is 23.3 Å². The minimum atomic E-state index is -1.43. The van der Waals surface area contributed by atoms with Crippen LogP contribution in [0.15, 0.2) is 0 Å². The summed E-state index contributed by atoms with van der Waals surface area (Å²) in [5.74, 6) is -0.198. The molecule has 0 bridgehead atoms. The summed E-state index contributed by atoms with van der Waals surface area (Å²) in [6, 6.07) is 0. The summed E-state index contributed by atoms with van der Waals surface area (Å²) in [5, 5.41) is -0.405. The highest BCUT2D eigenvalue weighted by Gasteiger charge is 2.41. The van der Waals surface area contributed by atoms with Gasteiger partial charge in [-0.2, -0.15) is 0 Å². The van der Waals surface area contributed by atoms with Crippen molar-refractivity contribution in [3.63, 3.8) is 0 Å². The van der Waals surface area contributed by atoms with E-state index in [2.05, 4.69) is 27.7 Å². The summed E-state index contributed by atoms with van der Waals surface area (Å²) in [6.07, 6.45) is 8.74. The first-order chi connectivity index (χ1) is 14.8. The Morgan fingerprint density at radius 3 is 1.32 bits per heavy atom. The highest BCUT2D eigenvalue weighted by Crippen LogP contribution is 2.40. The zero-order chi connectivity index (χ0) is 23.5. The van der Waals surface area contributed by atoms with E-state index in [0.29, 0.717) is 32.8 Å². The van der Waals surface area contributed by atoms with Crippen LogP contribution in [-0.2, 0) is 18.6 Å². The van der Waals surface area contributed by atoms with Crippen LogP contribution in [0.4, 0.5) is 0 Å². The molecule has 0 N–H and O–H groups in total. The Kier molecular flexibility index (Phi) is 21.2. The largest absolute Gasteiger partial charge is 0.475 e. The molecule has 0 aromatic rings. The second kappa shape index (κ2) is 20.5. The Labute approximate surface area is 211 Å². The molecule has 0 aliphatic heterocycles. The number of hydrogen-bond donors (Lipinski definition) is 0. The van der Waals surface area contributed by atoms with Gasteiger partial charge < -0.3 is 18.6 Å². The monoisotopic (exact) mass is 520 g/mol. The van der Waals surface area contributed by atoms with Gasteiger partial charge in [-0.1, -0.05) is 88.2 Å². The van der Waals surface area contributed by atoms with Crippen molar-refractivity contribution in [2.75, 3.05) is 26.4 Å². The molecule has 0 saturated carbocycles. The summed E-state index contributed by atoms with van der Waals surface area (Å²) in [6.45, 7) is 10.9. The van der Waals surface area contributed by atoms with Gasteiger partial charge in [0.2, 0.25) is 0 Å². The average Bonchev–Trinajstić information content (AvgIpc) is 2.70. The quantitative estimate of drug-likeness (QED) is 0.0874. The molecule has 0 amide bonds. The summed E-state index contributed by atoms with van der Waals surface area (Å²) in [7, 11) is -0.994. The van der Waals surface area contributed by atoms with Crippen molar-refractivity contribution in [3.8, 4) is 0 Å². The van der Waals surface area contributed by atoms with E-state index in [9.17, 15) is 0 Å². The number of alkyl halides is 4. The van der Waals surface area contributed by atoms with Crippen molar-refractivity contribution in [1.82, 2.24) is 0 Å². The van der Waals surface area contributed by atoms with Crippen LogP contribution in [0.5, 0.6) is 0 Å².